The molecule has 0 bridgehead atoms. The van der Waals surface area contributed by atoms with E-state index in [0.717, 1.165) is 39.3 Å². The summed E-state index contributed by atoms with van der Waals surface area (Å²) in [6, 6.07) is 23.7. The maximum atomic E-state index is 14.6. The third-order valence-corrected chi connectivity index (χ3v) is 11.0. The third kappa shape index (κ3) is 12.8. The highest BCUT2D eigenvalue weighted by molar-refractivity contribution is 5.89. The highest BCUT2D eigenvalue weighted by Gasteiger charge is 2.44. The number of benzene rings is 2. The van der Waals surface area contributed by atoms with E-state index >= 15 is 0 Å². The van der Waals surface area contributed by atoms with Crippen molar-refractivity contribution in [3.63, 3.8) is 0 Å². The predicted octanol–water partition coefficient (Wildman–Crippen LogP) is 6.39. The van der Waals surface area contributed by atoms with E-state index in [1.807, 2.05) is 147 Å². The minimum Gasteiger partial charge on any atom is -0.453 e. The molecule has 1 aliphatic rings. The highest BCUT2D eigenvalue weighted by Crippen LogP contribution is 2.29. The number of ether oxygens (including phenoxy) is 1. The molecule has 5 amide bonds. The predicted molar refractivity (Wildman–Crippen MR) is 236 cm³/mol. The fourth-order valence-corrected chi connectivity index (χ4v) is 7.81. The minimum absolute atomic E-state index is 0.0555. The number of nitrogens with one attached hydrogen (secondary N) is 3. The van der Waals surface area contributed by atoms with Crippen LogP contribution in [0.15, 0.2) is 91.1 Å². The number of hydrogen-bond donors (Lipinski definition) is 4. The van der Waals surface area contributed by atoms with Gasteiger partial charge in [0.1, 0.15) is 12.1 Å². The van der Waals surface area contributed by atoms with Crippen molar-refractivity contribution in [3.05, 3.63) is 119 Å². The minimum atomic E-state index is -1.15. The van der Waals surface area contributed by atoms with Crippen LogP contribution in [0, 0.1) is 24.7 Å². The fourth-order valence-electron chi connectivity index (χ4n) is 7.81. The van der Waals surface area contributed by atoms with Gasteiger partial charge in [0.05, 0.1) is 37.2 Å². The molecule has 5 atom stereocenters. The number of methoxy groups -OCH3 is 1. The topological polar surface area (TPSA) is 166 Å². The van der Waals surface area contributed by atoms with E-state index in [2.05, 4.69) is 25.9 Å². The Labute approximate surface area is 360 Å². The maximum absolute atomic E-state index is 14.6. The maximum Gasteiger partial charge on any atom is 0.407 e. The molecular weight excluding hydrogens is 771 g/mol. The molecule has 0 unspecified atom stereocenters. The van der Waals surface area contributed by atoms with Gasteiger partial charge in [-0.1, -0.05) is 108 Å². The summed E-state index contributed by atoms with van der Waals surface area (Å²) in [7, 11) is 1.24. The summed E-state index contributed by atoms with van der Waals surface area (Å²) in [5, 5.41) is 21.2. The summed E-state index contributed by atoms with van der Waals surface area (Å²) in [6.45, 7) is 16.3. The molecule has 1 saturated heterocycles. The van der Waals surface area contributed by atoms with E-state index < -0.39 is 53.1 Å². The van der Waals surface area contributed by atoms with Crippen LogP contribution < -0.4 is 16.0 Å². The zero-order valence-corrected chi connectivity index (χ0v) is 37.1. The Morgan fingerprint density at radius 2 is 1.48 bits per heavy atom. The van der Waals surface area contributed by atoms with Crippen molar-refractivity contribution in [3.8, 4) is 11.3 Å². The van der Waals surface area contributed by atoms with Crippen LogP contribution in [0.2, 0.25) is 0 Å². The first-order chi connectivity index (χ1) is 28.8. The number of alkyl carbamates (subject to hydrolysis) is 1. The van der Waals surface area contributed by atoms with Crippen molar-refractivity contribution in [2.45, 2.75) is 111 Å². The van der Waals surface area contributed by atoms with Gasteiger partial charge in [-0.2, -0.15) is 0 Å². The zero-order valence-electron chi connectivity index (χ0n) is 37.1. The van der Waals surface area contributed by atoms with Crippen molar-refractivity contribution >= 4 is 23.9 Å². The number of amides is 5. The van der Waals surface area contributed by atoms with Crippen LogP contribution in [0.25, 0.3) is 11.3 Å². The van der Waals surface area contributed by atoms with Crippen LogP contribution in [0.1, 0.15) is 76.0 Å². The number of aromatic nitrogens is 2. The normalized spacial score (nSPS) is 15.7. The van der Waals surface area contributed by atoms with Gasteiger partial charge in [0.15, 0.2) is 0 Å². The number of carbonyl (C=O) groups excluding carboxylic acids is 4. The molecule has 0 saturated carbocycles. The molecule has 13 heteroatoms. The first kappa shape index (κ1) is 46.2. The van der Waals surface area contributed by atoms with Gasteiger partial charge in [-0.25, -0.2) is 9.59 Å². The van der Waals surface area contributed by atoms with E-state index in [4.69, 9.17) is 4.74 Å². The second kappa shape index (κ2) is 20.2. The molecule has 2 aromatic carbocycles. The largest absolute Gasteiger partial charge is 0.453 e. The Kier molecular flexibility index (Phi) is 15.3. The van der Waals surface area contributed by atoms with Gasteiger partial charge in [0.2, 0.25) is 11.8 Å². The smallest absolute Gasteiger partial charge is 0.407 e. The summed E-state index contributed by atoms with van der Waals surface area (Å²) in [6.07, 6.45) is 0.616. The number of carbonyl (C=O) groups is 4. The van der Waals surface area contributed by atoms with Gasteiger partial charge in [0.25, 0.3) is 0 Å². The molecule has 0 radical (unpaired) electrons. The standard InChI is InChI=1S/C48H63N7O6/c1-31-18-23-38(49-29-31)35-21-19-34(20-22-35)26-37(51-43(57)41(47(3,4)5)53-45(59)61-9)28-40(56)39(27-33-15-11-10-12-16-33)52-44(58)42(48(6,7)8)55-25-24-54(46(55)60)30-36-17-13-14-32(2)50-36/h10-23,29,37,39-42,56H,24-28,30H2,1-9H3,(H,51,57)(H,52,58)(H,53,59)/t37-,39+,40+,41-,42-/m1/s1. The van der Waals surface area contributed by atoms with Gasteiger partial charge in [-0.3, -0.25) is 19.6 Å². The number of aliphatic hydroxyl groups excluding tert-OH is 1. The molecule has 1 aliphatic heterocycles. The molecule has 0 aliphatic carbocycles. The number of pyridine rings is 2. The molecule has 5 rings (SSSR count). The van der Waals surface area contributed by atoms with Crippen LogP contribution in [-0.2, 0) is 33.7 Å². The van der Waals surface area contributed by atoms with Crippen LogP contribution >= 0.6 is 0 Å². The third-order valence-electron chi connectivity index (χ3n) is 11.0. The van der Waals surface area contributed by atoms with Crippen molar-refractivity contribution in [2.24, 2.45) is 10.8 Å². The molecule has 2 aromatic heterocycles. The number of hydrogen-bond acceptors (Lipinski definition) is 8. The summed E-state index contributed by atoms with van der Waals surface area (Å²) in [5.41, 5.74) is 4.91. The fraction of sp³-hybridized carbons (Fsp3) is 0.458. The van der Waals surface area contributed by atoms with Crippen molar-refractivity contribution in [2.75, 3.05) is 20.2 Å². The average Bonchev–Trinajstić information content (AvgIpc) is 3.54. The van der Waals surface area contributed by atoms with Gasteiger partial charge in [0, 0.05) is 36.6 Å². The van der Waals surface area contributed by atoms with E-state index in [9.17, 15) is 24.3 Å². The van der Waals surface area contributed by atoms with Crippen LogP contribution in [0.5, 0.6) is 0 Å². The Hall–Kier alpha value is -5.82. The lowest BCUT2D eigenvalue weighted by Crippen LogP contribution is -2.59. The Bertz CT molecular complexity index is 2100. The molecule has 1 fully saturated rings. The Balaban J connectivity index is 1.42. The first-order valence-corrected chi connectivity index (χ1v) is 21.0. The molecular formula is C48H63N7O6. The number of rotatable bonds is 16. The Morgan fingerprint density at radius 1 is 0.787 bits per heavy atom. The van der Waals surface area contributed by atoms with E-state index in [-0.39, 0.29) is 24.8 Å². The number of nitrogens with zero attached hydrogens (tertiary/aromatic N) is 4. The lowest BCUT2D eigenvalue weighted by atomic mass is 9.84. The van der Waals surface area contributed by atoms with Crippen molar-refractivity contribution < 1.29 is 29.0 Å². The van der Waals surface area contributed by atoms with Gasteiger partial charge in [-0.05, 0) is 78.8 Å². The van der Waals surface area contributed by atoms with Crippen LogP contribution in [0.4, 0.5) is 9.59 Å². The summed E-state index contributed by atoms with van der Waals surface area (Å²) < 4.78 is 4.85. The monoisotopic (exact) mass is 833 g/mol. The lowest BCUT2D eigenvalue weighted by molar-refractivity contribution is -0.131. The molecule has 4 aromatic rings. The van der Waals surface area contributed by atoms with Gasteiger partial charge in [-0.15, -0.1) is 0 Å². The van der Waals surface area contributed by atoms with E-state index in [1.54, 1.807) is 9.80 Å². The summed E-state index contributed by atoms with van der Waals surface area (Å²) in [4.78, 5) is 67.5. The average molecular weight is 834 g/mol. The molecule has 326 valence electrons. The molecule has 0 spiro atoms. The second-order valence-corrected chi connectivity index (χ2v) is 18.3. The quantitative estimate of drug-likeness (QED) is 0.101. The molecule has 61 heavy (non-hydrogen) atoms. The molecule has 4 N–H and O–H groups in total. The van der Waals surface area contributed by atoms with Gasteiger partial charge >= 0.3 is 12.1 Å². The van der Waals surface area contributed by atoms with Crippen molar-refractivity contribution in [1.82, 2.24) is 35.7 Å². The molecule has 3 heterocycles. The van der Waals surface area contributed by atoms with E-state index in [0.29, 0.717) is 26.1 Å². The molecule has 13 nitrogen and oxygen atoms in total. The van der Waals surface area contributed by atoms with Crippen LogP contribution in [-0.4, -0.2) is 99.3 Å². The van der Waals surface area contributed by atoms with Crippen molar-refractivity contribution in [1.29, 1.82) is 0 Å². The highest BCUT2D eigenvalue weighted by atomic mass is 16.5. The van der Waals surface area contributed by atoms with Crippen LogP contribution in [0.3, 0.4) is 0 Å². The Morgan fingerprint density at radius 3 is 2.08 bits per heavy atom. The second-order valence-electron chi connectivity index (χ2n) is 18.3. The summed E-state index contributed by atoms with van der Waals surface area (Å²) in [5.74, 6) is -0.822. The number of aryl methyl sites for hydroxylation is 2. The van der Waals surface area contributed by atoms with Gasteiger partial charge < -0.3 is 35.6 Å². The van der Waals surface area contributed by atoms with E-state index in [1.165, 1.54) is 7.11 Å². The first-order valence-electron chi connectivity index (χ1n) is 21.0. The number of urea groups is 1. The summed E-state index contributed by atoms with van der Waals surface area (Å²) >= 11 is 0. The number of aliphatic hydroxyl groups is 1. The zero-order chi connectivity index (χ0) is 44.5. The lowest BCUT2D eigenvalue weighted by Gasteiger charge is -2.38. The SMILES string of the molecule is COC(=O)N[C@H](C(=O)N[C@H](Cc1ccc(-c2ccc(C)cn2)cc1)C[C@H](O)[C@H](Cc1ccccc1)NC(=O)[C@@H](N1CCN(Cc2cccc(C)n2)C1=O)C(C)(C)C)C(C)(C)C.